The highest BCUT2D eigenvalue weighted by Gasteiger charge is 2.15. The number of aromatic nitrogens is 1. The third kappa shape index (κ3) is 2.18. The lowest BCUT2D eigenvalue weighted by molar-refractivity contribution is 0.0696. The summed E-state index contributed by atoms with van der Waals surface area (Å²) in [5.41, 5.74) is 2.17. The summed E-state index contributed by atoms with van der Waals surface area (Å²) in [5, 5.41) is 9.24. The first-order chi connectivity index (χ1) is 8.63. The minimum absolute atomic E-state index is 0.239. The van der Waals surface area contributed by atoms with Crippen LogP contribution in [-0.2, 0) is 0 Å². The molecule has 1 aromatic heterocycles. The van der Waals surface area contributed by atoms with Gasteiger partial charge in [0.05, 0.1) is 18.4 Å². The van der Waals surface area contributed by atoms with Crippen molar-refractivity contribution < 1.29 is 14.6 Å². The van der Waals surface area contributed by atoms with Crippen LogP contribution in [0.1, 0.15) is 15.9 Å². The van der Waals surface area contributed by atoms with E-state index in [-0.39, 0.29) is 5.56 Å². The number of carbonyl (C=O) groups is 1. The van der Waals surface area contributed by atoms with Crippen molar-refractivity contribution in [2.45, 2.75) is 6.92 Å². The lowest BCUT2D eigenvalue weighted by Gasteiger charge is -2.08. The maximum absolute atomic E-state index is 11.3. The summed E-state index contributed by atoms with van der Waals surface area (Å²) in [6.45, 7) is 1.76. The lowest BCUT2D eigenvalue weighted by Crippen LogP contribution is -2.04. The minimum atomic E-state index is -0.966. The van der Waals surface area contributed by atoms with Crippen LogP contribution < -0.4 is 4.74 Å². The van der Waals surface area contributed by atoms with Crippen LogP contribution in [0.5, 0.6) is 5.75 Å². The van der Waals surface area contributed by atoms with Crippen molar-refractivity contribution >= 4 is 5.97 Å². The molecule has 1 heterocycles. The smallest absolute Gasteiger partial charge is 0.338 e. The average Bonchev–Trinajstić information content (AvgIpc) is 2.38. The van der Waals surface area contributed by atoms with Gasteiger partial charge >= 0.3 is 5.97 Å². The largest absolute Gasteiger partial charge is 0.497 e. The second-order valence-corrected chi connectivity index (χ2v) is 3.89. The van der Waals surface area contributed by atoms with Crippen LogP contribution in [0.3, 0.4) is 0 Å². The number of hydrogen-bond donors (Lipinski definition) is 1. The van der Waals surface area contributed by atoms with Gasteiger partial charge in [-0.15, -0.1) is 0 Å². The third-order valence-electron chi connectivity index (χ3n) is 2.74. The molecule has 0 atom stereocenters. The van der Waals surface area contributed by atoms with Crippen molar-refractivity contribution in [1.82, 2.24) is 4.98 Å². The van der Waals surface area contributed by atoms with Crippen LogP contribution in [0, 0.1) is 6.92 Å². The highest BCUT2D eigenvalue weighted by atomic mass is 16.5. The molecule has 1 aromatic carbocycles. The zero-order valence-electron chi connectivity index (χ0n) is 10.2. The predicted octanol–water partition coefficient (Wildman–Crippen LogP) is 2.76. The molecular weight excluding hydrogens is 230 g/mol. The highest BCUT2D eigenvalue weighted by molar-refractivity contribution is 5.96. The Bertz CT molecular complexity index is 576. The number of hydrogen-bond acceptors (Lipinski definition) is 3. The number of methoxy groups -OCH3 is 1. The average molecular weight is 243 g/mol. The molecule has 4 heteroatoms. The number of carboxylic acids is 1. The van der Waals surface area contributed by atoms with E-state index in [1.165, 1.54) is 0 Å². The summed E-state index contributed by atoms with van der Waals surface area (Å²) in [7, 11) is 1.59. The fourth-order valence-corrected chi connectivity index (χ4v) is 1.80. The Morgan fingerprint density at radius 3 is 2.44 bits per heavy atom. The van der Waals surface area contributed by atoms with Gasteiger partial charge in [0.1, 0.15) is 5.75 Å². The molecule has 1 N–H and O–H groups in total. The highest BCUT2D eigenvalue weighted by Crippen LogP contribution is 2.25. The molecule has 0 spiro atoms. The van der Waals surface area contributed by atoms with Crippen LogP contribution in [-0.4, -0.2) is 23.2 Å². The van der Waals surface area contributed by atoms with E-state index < -0.39 is 5.97 Å². The zero-order chi connectivity index (χ0) is 13.1. The molecule has 0 amide bonds. The Morgan fingerprint density at radius 2 is 1.89 bits per heavy atom. The number of pyridine rings is 1. The maximum atomic E-state index is 11.3. The first-order valence-electron chi connectivity index (χ1n) is 5.47. The number of aryl methyl sites for hydroxylation is 1. The van der Waals surface area contributed by atoms with Gasteiger partial charge < -0.3 is 9.84 Å². The van der Waals surface area contributed by atoms with E-state index in [2.05, 4.69) is 4.98 Å². The molecule has 2 aromatic rings. The van der Waals surface area contributed by atoms with Gasteiger partial charge in [0.15, 0.2) is 0 Å². The summed E-state index contributed by atoms with van der Waals surface area (Å²) < 4.78 is 5.07. The van der Waals surface area contributed by atoms with E-state index >= 15 is 0 Å². The van der Waals surface area contributed by atoms with Gasteiger partial charge in [-0.3, -0.25) is 4.98 Å². The Balaban J connectivity index is 2.56. The van der Waals surface area contributed by atoms with E-state index in [1.54, 1.807) is 50.6 Å². The van der Waals surface area contributed by atoms with Gasteiger partial charge in [0.2, 0.25) is 0 Å². The predicted molar refractivity (Wildman–Crippen MR) is 67.9 cm³/mol. The molecule has 0 aliphatic rings. The SMILES string of the molecule is COc1ccc(-c2nccc(C)c2C(=O)O)cc1. The van der Waals surface area contributed by atoms with Crippen LogP contribution in [0.15, 0.2) is 36.5 Å². The van der Waals surface area contributed by atoms with Crippen LogP contribution >= 0.6 is 0 Å². The quantitative estimate of drug-likeness (QED) is 0.900. The fraction of sp³-hybridized carbons (Fsp3) is 0.143. The lowest BCUT2D eigenvalue weighted by atomic mass is 10.0. The van der Waals surface area contributed by atoms with Gasteiger partial charge in [-0.2, -0.15) is 0 Å². The molecule has 0 radical (unpaired) electrons. The number of aromatic carboxylic acids is 1. The monoisotopic (exact) mass is 243 g/mol. The molecule has 0 aliphatic heterocycles. The van der Waals surface area contributed by atoms with E-state index in [4.69, 9.17) is 4.74 Å². The molecule has 92 valence electrons. The summed E-state index contributed by atoms with van der Waals surface area (Å²) in [6.07, 6.45) is 1.61. The Hall–Kier alpha value is -2.36. The molecule has 2 rings (SSSR count). The number of nitrogens with zero attached hydrogens (tertiary/aromatic N) is 1. The molecule has 0 unspecified atom stereocenters. The van der Waals surface area contributed by atoms with Crippen molar-refractivity contribution in [2.75, 3.05) is 7.11 Å². The van der Waals surface area contributed by atoms with Gasteiger partial charge in [-0.1, -0.05) is 0 Å². The second-order valence-electron chi connectivity index (χ2n) is 3.89. The number of rotatable bonds is 3. The molecule has 0 saturated carbocycles. The summed E-state index contributed by atoms with van der Waals surface area (Å²) in [4.78, 5) is 15.4. The molecule has 0 aliphatic carbocycles. The normalized spacial score (nSPS) is 10.1. The van der Waals surface area contributed by atoms with Crippen LogP contribution in [0.2, 0.25) is 0 Å². The van der Waals surface area contributed by atoms with E-state index in [0.29, 0.717) is 11.3 Å². The third-order valence-corrected chi connectivity index (χ3v) is 2.74. The number of ether oxygens (including phenoxy) is 1. The van der Waals surface area contributed by atoms with Gasteiger partial charge in [-0.05, 0) is 42.8 Å². The first-order valence-corrected chi connectivity index (χ1v) is 5.47. The van der Waals surface area contributed by atoms with Gasteiger partial charge in [-0.25, -0.2) is 4.79 Å². The van der Waals surface area contributed by atoms with Gasteiger partial charge in [0.25, 0.3) is 0 Å². The Kier molecular flexibility index (Phi) is 3.28. The topological polar surface area (TPSA) is 59.4 Å². The van der Waals surface area contributed by atoms with Gasteiger partial charge in [0, 0.05) is 11.8 Å². The van der Waals surface area contributed by atoms with Crippen molar-refractivity contribution in [3.05, 3.63) is 47.7 Å². The summed E-state index contributed by atoms with van der Waals surface area (Å²) in [6, 6.07) is 8.85. The molecular formula is C14H13NO3. The van der Waals surface area contributed by atoms with Crippen molar-refractivity contribution in [3.8, 4) is 17.0 Å². The maximum Gasteiger partial charge on any atom is 0.338 e. The molecule has 0 saturated heterocycles. The van der Waals surface area contributed by atoms with Crippen molar-refractivity contribution in [3.63, 3.8) is 0 Å². The molecule has 4 nitrogen and oxygen atoms in total. The van der Waals surface area contributed by atoms with Crippen molar-refractivity contribution in [1.29, 1.82) is 0 Å². The zero-order valence-corrected chi connectivity index (χ0v) is 10.2. The molecule has 0 bridgehead atoms. The number of carboxylic acid groups (broad SMARTS) is 1. The summed E-state index contributed by atoms with van der Waals surface area (Å²) in [5.74, 6) is -0.241. The van der Waals surface area contributed by atoms with E-state index in [1.807, 2.05) is 0 Å². The van der Waals surface area contributed by atoms with E-state index in [9.17, 15) is 9.90 Å². The van der Waals surface area contributed by atoms with Crippen LogP contribution in [0.25, 0.3) is 11.3 Å². The minimum Gasteiger partial charge on any atom is -0.497 e. The Labute approximate surface area is 105 Å². The molecule has 0 fully saturated rings. The van der Waals surface area contributed by atoms with Crippen molar-refractivity contribution in [2.24, 2.45) is 0 Å². The van der Waals surface area contributed by atoms with E-state index in [0.717, 1.165) is 11.3 Å². The first kappa shape index (κ1) is 12.1. The standard InChI is InChI=1S/C14H13NO3/c1-9-7-8-15-13(12(9)14(16)17)10-3-5-11(18-2)6-4-10/h3-8H,1-2H3,(H,16,17). The summed E-state index contributed by atoms with van der Waals surface area (Å²) >= 11 is 0. The Morgan fingerprint density at radius 1 is 1.22 bits per heavy atom. The van der Waals surface area contributed by atoms with Crippen LogP contribution in [0.4, 0.5) is 0 Å². The fourth-order valence-electron chi connectivity index (χ4n) is 1.80. The molecule has 18 heavy (non-hydrogen) atoms. The second kappa shape index (κ2) is 4.87. The number of benzene rings is 1.